The predicted octanol–water partition coefficient (Wildman–Crippen LogP) is 4.46. The van der Waals surface area contributed by atoms with Crippen LogP contribution in [0.15, 0.2) is 36.5 Å². The van der Waals surface area contributed by atoms with Crippen LogP contribution in [-0.4, -0.2) is 0 Å². The average molecular weight is 177 g/mol. The zero-order valence-electron chi connectivity index (χ0n) is 8.71. The van der Waals surface area contributed by atoms with Crippen molar-refractivity contribution in [2.24, 2.45) is 0 Å². The summed E-state index contributed by atoms with van der Waals surface area (Å²) >= 11 is 0. The van der Waals surface area contributed by atoms with Crippen molar-refractivity contribution in [3.05, 3.63) is 43.4 Å². The lowest BCUT2D eigenvalue weighted by Crippen LogP contribution is -1.69. The zero-order chi connectivity index (χ0) is 9.78. The van der Waals surface area contributed by atoms with Gasteiger partial charge in [-0.25, -0.2) is 0 Å². The Morgan fingerprint density at radius 2 is 1.62 bits per heavy atom. The van der Waals surface area contributed by atoms with E-state index in [2.05, 4.69) is 38.2 Å². The topological polar surface area (TPSA) is 0 Å². The van der Waals surface area contributed by atoms with E-state index in [1.807, 2.05) is 6.08 Å². The van der Waals surface area contributed by atoms with Crippen molar-refractivity contribution in [2.45, 2.75) is 39.0 Å². The first-order valence-electron chi connectivity index (χ1n) is 5.17. The van der Waals surface area contributed by atoms with E-state index < -0.39 is 0 Å². The van der Waals surface area contributed by atoms with E-state index in [1.165, 1.54) is 32.1 Å². The maximum absolute atomic E-state index is 3.61. The van der Waals surface area contributed by atoms with Crippen molar-refractivity contribution < 1.29 is 0 Å². The van der Waals surface area contributed by atoms with Crippen molar-refractivity contribution >= 4 is 0 Å². The molecule has 0 unspecified atom stereocenters. The SMILES string of the molecule is [CH2]C=CC=CCCCC=CCCC. The van der Waals surface area contributed by atoms with E-state index >= 15 is 0 Å². The van der Waals surface area contributed by atoms with Crippen LogP contribution >= 0.6 is 0 Å². The van der Waals surface area contributed by atoms with Gasteiger partial charge in [-0.05, 0) is 32.6 Å². The highest BCUT2D eigenvalue weighted by Crippen LogP contribution is 1.99. The summed E-state index contributed by atoms with van der Waals surface area (Å²) < 4.78 is 0. The van der Waals surface area contributed by atoms with E-state index in [-0.39, 0.29) is 0 Å². The lowest BCUT2D eigenvalue weighted by atomic mass is 10.2. The first-order chi connectivity index (χ1) is 6.41. The molecule has 0 rings (SSSR count). The van der Waals surface area contributed by atoms with Crippen molar-refractivity contribution in [2.75, 3.05) is 0 Å². The first kappa shape index (κ1) is 12.2. The lowest BCUT2D eigenvalue weighted by molar-refractivity contribution is 0.859. The number of allylic oxidation sites excluding steroid dienone is 6. The van der Waals surface area contributed by atoms with E-state index in [0.717, 1.165) is 0 Å². The molecule has 0 heteroatoms. The molecule has 0 bridgehead atoms. The second-order valence-corrected chi connectivity index (χ2v) is 3.05. The zero-order valence-corrected chi connectivity index (χ0v) is 8.71. The first-order valence-corrected chi connectivity index (χ1v) is 5.17. The van der Waals surface area contributed by atoms with Crippen molar-refractivity contribution in [1.29, 1.82) is 0 Å². The van der Waals surface area contributed by atoms with Crippen LogP contribution < -0.4 is 0 Å². The molecular formula is C13H21. The molecule has 1 radical (unpaired) electrons. The van der Waals surface area contributed by atoms with Crippen molar-refractivity contribution in [1.82, 2.24) is 0 Å². The number of unbranched alkanes of at least 4 members (excludes halogenated alkanes) is 3. The second-order valence-electron chi connectivity index (χ2n) is 3.05. The molecule has 0 nitrogen and oxygen atoms in total. The van der Waals surface area contributed by atoms with Crippen molar-refractivity contribution in [3.8, 4) is 0 Å². The van der Waals surface area contributed by atoms with E-state index in [4.69, 9.17) is 0 Å². The molecule has 0 aromatic carbocycles. The highest BCUT2D eigenvalue weighted by Gasteiger charge is 1.79. The minimum atomic E-state index is 1.17. The standard InChI is InChI=1S/C13H21/c1-3-5-7-9-11-13-12-10-8-6-4-2/h3,5,7-10H,1,4,6,11-13H2,2H3. The third-order valence-electron chi connectivity index (χ3n) is 1.75. The molecule has 0 atom stereocenters. The molecule has 0 aromatic rings. The monoisotopic (exact) mass is 177 g/mol. The van der Waals surface area contributed by atoms with E-state index in [9.17, 15) is 0 Å². The van der Waals surface area contributed by atoms with Crippen molar-refractivity contribution in [3.63, 3.8) is 0 Å². The number of hydrogen-bond acceptors (Lipinski definition) is 0. The normalized spacial score (nSPS) is 12.5. The molecule has 0 amide bonds. The fraction of sp³-hybridized carbons (Fsp3) is 0.462. The van der Waals surface area contributed by atoms with Gasteiger partial charge >= 0.3 is 0 Å². The Bertz CT molecular complexity index is 161. The summed E-state index contributed by atoms with van der Waals surface area (Å²) in [6.45, 7) is 5.82. The van der Waals surface area contributed by atoms with Gasteiger partial charge in [-0.2, -0.15) is 0 Å². The van der Waals surface area contributed by atoms with Crippen LogP contribution in [0.25, 0.3) is 0 Å². The fourth-order valence-corrected chi connectivity index (χ4v) is 1.01. The summed E-state index contributed by atoms with van der Waals surface area (Å²) in [6.07, 6.45) is 18.7. The Hall–Kier alpha value is -0.780. The minimum absolute atomic E-state index is 1.17. The Morgan fingerprint density at radius 1 is 0.923 bits per heavy atom. The molecule has 0 saturated heterocycles. The number of hydrogen-bond donors (Lipinski definition) is 0. The van der Waals surface area contributed by atoms with Crippen LogP contribution in [0.1, 0.15) is 39.0 Å². The van der Waals surface area contributed by atoms with Crippen LogP contribution in [0.3, 0.4) is 0 Å². The average Bonchev–Trinajstić information content (AvgIpc) is 2.16. The third kappa shape index (κ3) is 11.2. The van der Waals surface area contributed by atoms with E-state index in [1.54, 1.807) is 6.08 Å². The third-order valence-corrected chi connectivity index (χ3v) is 1.75. The Morgan fingerprint density at radius 3 is 2.31 bits per heavy atom. The maximum Gasteiger partial charge on any atom is -0.0313 e. The number of rotatable bonds is 7. The molecule has 0 aliphatic heterocycles. The summed E-state index contributed by atoms with van der Waals surface area (Å²) in [7, 11) is 0. The molecule has 0 spiro atoms. The van der Waals surface area contributed by atoms with Gasteiger partial charge in [0.05, 0.1) is 0 Å². The van der Waals surface area contributed by atoms with Gasteiger partial charge in [-0.15, -0.1) is 0 Å². The quantitative estimate of drug-likeness (QED) is 0.306. The van der Waals surface area contributed by atoms with Gasteiger partial charge in [0.15, 0.2) is 0 Å². The van der Waals surface area contributed by atoms with Gasteiger partial charge in [-0.1, -0.05) is 49.8 Å². The smallest absolute Gasteiger partial charge is 0.0313 e. The molecule has 0 N–H and O–H groups in total. The molecule has 0 saturated carbocycles. The summed E-state index contributed by atoms with van der Waals surface area (Å²) in [5.74, 6) is 0. The van der Waals surface area contributed by atoms with Gasteiger partial charge in [-0.3, -0.25) is 0 Å². The molecule has 0 heterocycles. The van der Waals surface area contributed by atoms with Crippen LogP contribution in [0, 0.1) is 6.92 Å². The van der Waals surface area contributed by atoms with Crippen LogP contribution in [0.5, 0.6) is 0 Å². The maximum atomic E-state index is 3.61. The summed E-state index contributed by atoms with van der Waals surface area (Å²) in [5, 5.41) is 0. The predicted molar refractivity (Wildman–Crippen MR) is 61.5 cm³/mol. The summed E-state index contributed by atoms with van der Waals surface area (Å²) in [6, 6.07) is 0. The molecular weight excluding hydrogens is 156 g/mol. The highest BCUT2D eigenvalue weighted by atomic mass is 13.9. The van der Waals surface area contributed by atoms with Gasteiger partial charge in [0.25, 0.3) is 0 Å². The Kier molecular flexibility index (Phi) is 10.5. The van der Waals surface area contributed by atoms with Crippen LogP contribution in [0.2, 0.25) is 0 Å². The summed E-state index contributed by atoms with van der Waals surface area (Å²) in [5.41, 5.74) is 0. The molecule has 13 heavy (non-hydrogen) atoms. The lowest BCUT2D eigenvalue weighted by Gasteiger charge is -1.89. The van der Waals surface area contributed by atoms with Crippen LogP contribution in [-0.2, 0) is 0 Å². The Balaban J connectivity index is 3.16. The van der Waals surface area contributed by atoms with Gasteiger partial charge in [0.1, 0.15) is 0 Å². The van der Waals surface area contributed by atoms with Gasteiger partial charge in [0.2, 0.25) is 0 Å². The molecule has 0 aliphatic carbocycles. The second kappa shape index (κ2) is 11.2. The van der Waals surface area contributed by atoms with Gasteiger partial charge in [0, 0.05) is 0 Å². The van der Waals surface area contributed by atoms with E-state index in [0.29, 0.717) is 0 Å². The van der Waals surface area contributed by atoms with Gasteiger partial charge < -0.3 is 0 Å². The Labute approximate surface area is 83.0 Å². The highest BCUT2D eigenvalue weighted by molar-refractivity contribution is 5.03. The fourth-order valence-electron chi connectivity index (χ4n) is 1.01. The molecule has 73 valence electrons. The largest absolute Gasteiger partial charge is 0.0885 e. The minimum Gasteiger partial charge on any atom is -0.0885 e. The molecule has 0 fully saturated rings. The summed E-state index contributed by atoms with van der Waals surface area (Å²) in [4.78, 5) is 0. The molecule has 0 aliphatic rings. The molecule has 0 aromatic heterocycles. The van der Waals surface area contributed by atoms with Crippen LogP contribution in [0.4, 0.5) is 0 Å².